The Morgan fingerprint density at radius 3 is 2.67 bits per heavy atom. The predicted octanol–water partition coefficient (Wildman–Crippen LogP) is 3.43. The van der Waals surface area contributed by atoms with Crippen LogP contribution in [0, 0.1) is 0 Å². The molecule has 0 spiro atoms. The molecule has 1 aromatic heterocycles. The summed E-state index contributed by atoms with van der Waals surface area (Å²) < 4.78 is 6.62. The van der Waals surface area contributed by atoms with Gasteiger partial charge in [-0.15, -0.1) is 0 Å². The lowest BCUT2D eigenvalue weighted by Gasteiger charge is -2.52. The SMILES string of the molecule is O=C(O)C1(C2(OCc3ccncc3)CCCc3ccccc32)CCCCN1. The van der Waals surface area contributed by atoms with E-state index in [4.69, 9.17) is 4.74 Å². The number of carboxylic acids is 1. The van der Waals surface area contributed by atoms with E-state index in [-0.39, 0.29) is 0 Å². The molecule has 5 nitrogen and oxygen atoms in total. The van der Waals surface area contributed by atoms with Crippen LogP contribution in [0.5, 0.6) is 0 Å². The molecule has 1 aromatic carbocycles. The molecule has 1 aliphatic carbocycles. The summed E-state index contributed by atoms with van der Waals surface area (Å²) in [5.41, 5.74) is 1.25. The molecule has 27 heavy (non-hydrogen) atoms. The monoisotopic (exact) mass is 366 g/mol. The molecule has 1 aliphatic heterocycles. The number of hydrogen-bond acceptors (Lipinski definition) is 4. The number of pyridine rings is 1. The molecule has 0 radical (unpaired) electrons. The number of nitrogens with one attached hydrogen (secondary N) is 1. The number of fused-ring (bicyclic) bond motifs is 1. The maximum Gasteiger partial charge on any atom is 0.327 e. The van der Waals surface area contributed by atoms with E-state index in [0.717, 1.165) is 36.8 Å². The third kappa shape index (κ3) is 3.05. The van der Waals surface area contributed by atoms with E-state index in [0.29, 0.717) is 26.0 Å². The van der Waals surface area contributed by atoms with Gasteiger partial charge in [-0.1, -0.05) is 24.3 Å². The summed E-state index contributed by atoms with van der Waals surface area (Å²) in [7, 11) is 0. The summed E-state index contributed by atoms with van der Waals surface area (Å²) in [6.45, 7) is 1.07. The average Bonchev–Trinajstić information content (AvgIpc) is 2.73. The largest absolute Gasteiger partial charge is 0.480 e. The fourth-order valence-corrected chi connectivity index (χ4v) is 4.80. The molecular weight excluding hydrogens is 340 g/mol. The molecule has 2 N–H and O–H groups in total. The van der Waals surface area contributed by atoms with Gasteiger partial charge in [0.1, 0.15) is 5.60 Å². The summed E-state index contributed by atoms with van der Waals surface area (Å²) in [6.07, 6.45) is 8.54. The van der Waals surface area contributed by atoms with Crippen LogP contribution in [0.2, 0.25) is 0 Å². The minimum Gasteiger partial charge on any atom is -0.480 e. The van der Waals surface area contributed by atoms with Gasteiger partial charge in [0.25, 0.3) is 0 Å². The van der Waals surface area contributed by atoms with Crippen molar-refractivity contribution < 1.29 is 14.6 Å². The Balaban J connectivity index is 1.82. The number of carboxylic acid groups (broad SMARTS) is 1. The minimum absolute atomic E-state index is 0.369. The molecule has 2 aliphatic rings. The number of rotatable bonds is 5. The van der Waals surface area contributed by atoms with Crippen LogP contribution in [0.15, 0.2) is 48.8 Å². The highest BCUT2D eigenvalue weighted by molar-refractivity contribution is 5.82. The summed E-state index contributed by atoms with van der Waals surface area (Å²) >= 11 is 0. The van der Waals surface area contributed by atoms with Gasteiger partial charge in [0, 0.05) is 12.4 Å². The van der Waals surface area contributed by atoms with Gasteiger partial charge >= 0.3 is 5.97 Å². The van der Waals surface area contributed by atoms with Crippen molar-refractivity contribution in [2.24, 2.45) is 0 Å². The first kappa shape index (κ1) is 18.1. The van der Waals surface area contributed by atoms with Crippen LogP contribution >= 0.6 is 0 Å². The Labute approximate surface area is 159 Å². The second-order valence-corrected chi connectivity index (χ2v) is 7.58. The lowest BCUT2D eigenvalue weighted by atomic mass is 9.64. The van der Waals surface area contributed by atoms with E-state index in [1.54, 1.807) is 12.4 Å². The predicted molar refractivity (Wildman–Crippen MR) is 102 cm³/mol. The summed E-state index contributed by atoms with van der Waals surface area (Å²) in [4.78, 5) is 16.7. The fraction of sp³-hybridized carbons (Fsp3) is 0.455. The molecule has 2 aromatic rings. The van der Waals surface area contributed by atoms with E-state index in [2.05, 4.69) is 22.4 Å². The molecule has 0 saturated carbocycles. The van der Waals surface area contributed by atoms with Gasteiger partial charge in [-0.05, 0) is 73.9 Å². The van der Waals surface area contributed by atoms with Gasteiger partial charge in [-0.25, -0.2) is 0 Å². The number of benzene rings is 1. The molecule has 4 rings (SSSR count). The van der Waals surface area contributed by atoms with Crippen LogP contribution in [0.4, 0.5) is 0 Å². The first-order valence-corrected chi connectivity index (χ1v) is 9.78. The molecule has 0 amide bonds. The van der Waals surface area contributed by atoms with E-state index in [1.165, 1.54) is 5.56 Å². The number of nitrogens with zero attached hydrogens (tertiary/aromatic N) is 1. The van der Waals surface area contributed by atoms with Gasteiger partial charge in [-0.3, -0.25) is 15.1 Å². The molecule has 5 heteroatoms. The lowest BCUT2D eigenvalue weighted by molar-refractivity contribution is -0.181. The minimum atomic E-state index is -1.10. The zero-order chi connectivity index (χ0) is 18.7. The highest BCUT2D eigenvalue weighted by Gasteiger charge is 2.60. The maximum absolute atomic E-state index is 12.6. The lowest BCUT2D eigenvalue weighted by Crippen LogP contribution is -2.69. The number of aliphatic carboxylic acids is 1. The molecular formula is C22H26N2O3. The third-order valence-corrected chi connectivity index (χ3v) is 6.12. The van der Waals surface area contributed by atoms with Crippen molar-refractivity contribution in [3.63, 3.8) is 0 Å². The summed E-state index contributed by atoms with van der Waals surface area (Å²) in [5.74, 6) is -0.811. The van der Waals surface area contributed by atoms with Crippen molar-refractivity contribution in [1.29, 1.82) is 0 Å². The molecule has 0 bridgehead atoms. The van der Waals surface area contributed by atoms with Crippen LogP contribution in [0.25, 0.3) is 0 Å². The normalized spacial score (nSPS) is 27.7. The average molecular weight is 366 g/mol. The van der Waals surface area contributed by atoms with Crippen molar-refractivity contribution in [1.82, 2.24) is 10.3 Å². The number of ether oxygens (including phenoxy) is 1. The second kappa shape index (κ2) is 7.41. The Morgan fingerprint density at radius 2 is 1.93 bits per heavy atom. The van der Waals surface area contributed by atoms with Gasteiger partial charge in [0.05, 0.1) is 6.61 Å². The Bertz CT molecular complexity index is 802. The van der Waals surface area contributed by atoms with Crippen LogP contribution < -0.4 is 5.32 Å². The standard InChI is InChI=1S/C22H26N2O3/c25-20(26)21(11-3-4-13-24-21)22(27-16-17-9-14-23-15-10-17)12-5-7-18-6-1-2-8-19(18)22/h1-2,6,8-10,14-15,24H,3-5,7,11-13,16H2,(H,25,26). The van der Waals surface area contributed by atoms with Crippen molar-refractivity contribution >= 4 is 5.97 Å². The highest BCUT2D eigenvalue weighted by Crippen LogP contribution is 2.49. The summed E-state index contributed by atoms with van der Waals surface area (Å²) in [5, 5.41) is 13.8. The number of hydrogen-bond donors (Lipinski definition) is 2. The summed E-state index contributed by atoms with van der Waals surface area (Å²) in [6, 6.07) is 12.0. The second-order valence-electron chi connectivity index (χ2n) is 7.58. The van der Waals surface area contributed by atoms with E-state index in [9.17, 15) is 9.90 Å². The molecule has 2 heterocycles. The van der Waals surface area contributed by atoms with Crippen molar-refractivity contribution in [3.8, 4) is 0 Å². The van der Waals surface area contributed by atoms with Crippen LogP contribution in [-0.2, 0) is 28.2 Å². The molecule has 2 atom stereocenters. The maximum atomic E-state index is 12.6. The zero-order valence-electron chi connectivity index (χ0n) is 15.5. The third-order valence-electron chi connectivity index (χ3n) is 6.12. The molecule has 142 valence electrons. The number of aryl methyl sites for hydroxylation is 1. The van der Waals surface area contributed by atoms with Gasteiger partial charge in [0.2, 0.25) is 0 Å². The highest BCUT2D eigenvalue weighted by atomic mass is 16.5. The van der Waals surface area contributed by atoms with Crippen LogP contribution in [-0.4, -0.2) is 28.1 Å². The van der Waals surface area contributed by atoms with E-state index in [1.807, 2.05) is 24.3 Å². The van der Waals surface area contributed by atoms with Crippen LogP contribution in [0.1, 0.15) is 48.8 Å². The van der Waals surface area contributed by atoms with Crippen molar-refractivity contribution in [2.75, 3.05) is 6.54 Å². The fourth-order valence-electron chi connectivity index (χ4n) is 4.80. The van der Waals surface area contributed by atoms with Gasteiger partial charge < -0.3 is 9.84 Å². The van der Waals surface area contributed by atoms with Gasteiger partial charge in [-0.2, -0.15) is 0 Å². The van der Waals surface area contributed by atoms with E-state index < -0.39 is 17.1 Å². The molecule has 2 unspecified atom stereocenters. The van der Waals surface area contributed by atoms with Crippen molar-refractivity contribution in [3.05, 3.63) is 65.5 Å². The van der Waals surface area contributed by atoms with Crippen molar-refractivity contribution in [2.45, 2.75) is 56.3 Å². The number of aromatic nitrogens is 1. The quantitative estimate of drug-likeness (QED) is 0.848. The number of piperidine rings is 1. The smallest absolute Gasteiger partial charge is 0.327 e. The first-order chi connectivity index (χ1) is 13.2. The number of carbonyl (C=O) groups is 1. The first-order valence-electron chi connectivity index (χ1n) is 9.78. The Morgan fingerprint density at radius 1 is 1.11 bits per heavy atom. The molecule has 1 saturated heterocycles. The molecule has 1 fully saturated rings. The zero-order valence-corrected chi connectivity index (χ0v) is 15.5. The van der Waals surface area contributed by atoms with Crippen LogP contribution in [0.3, 0.4) is 0 Å². The van der Waals surface area contributed by atoms with E-state index >= 15 is 0 Å². The van der Waals surface area contributed by atoms with Gasteiger partial charge in [0.15, 0.2) is 5.54 Å². The Hall–Kier alpha value is -2.24. The topological polar surface area (TPSA) is 71.5 Å². The Kier molecular flexibility index (Phi) is 4.98.